The molecule has 0 aliphatic carbocycles. The fourth-order valence-electron chi connectivity index (χ4n) is 3.03. The Hall–Kier alpha value is -1.67. The maximum absolute atomic E-state index is 6.22. The Kier molecular flexibility index (Phi) is 4.64. The largest absolute Gasteiger partial charge is 0.369 e. The highest BCUT2D eigenvalue weighted by Crippen LogP contribution is 2.22. The van der Waals surface area contributed by atoms with Crippen molar-refractivity contribution in [1.82, 2.24) is 24.1 Å². The second-order valence-electron chi connectivity index (χ2n) is 5.93. The van der Waals surface area contributed by atoms with Gasteiger partial charge in [-0.05, 0) is 30.4 Å². The molecule has 6 nitrogen and oxygen atoms in total. The molecule has 3 aromatic heterocycles. The average molecular weight is 395 g/mol. The summed E-state index contributed by atoms with van der Waals surface area (Å²) in [6, 6.07) is 5.76. The van der Waals surface area contributed by atoms with Crippen molar-refractivity contribution in [2.24, 2.45) is 0 Å². The van der Waals surface area contributed by atoms with Gasteiger partial charge in [0, 0.05) is 50.5 Å². The molecule has 25 heavy (non-hydrogen) atoms. The molecule has 0 radical (unpaired) electrons. The van der Waals surface area contributed by atoms with E-state index < -0.39 is 0 Å². The second-order valence-corrected chi connectivity index (χ2v) is 7.14. The lowest BCUT2D eigenvalue weighted by Crippen LogP contribution is -2.47. The van der Waals surface area contributed by atoms with Crippen LogP contribution in [0.4, 0.5) is 5.69 Å². The van der Waals surface area contributed by atoms with Crippen LogP contribution in [0, 0.1) is 4.77 Å². The van der Waals surface area contributed by atoms with Gasteiger partial charge in [-0.25, -0.2) is 4.68 Å². The molecule has 4 rings (SSSR count). The third-order valence-corrected chi connectivity index (χ3v) is 5.23. The Morgan fingerprint density at radius 3 is 2.52 bits per heavy atom. The van der Waals surface area contributed by atoms with Crippen LogP contribution in [0.3, 0.4) is 0 Å². The van der Waals surface area contributed by atoms with E-state index in [1.807, 2.05) is 24.5 Å². The SMILES string of the molecule is S=c1n(CN2CCN(c3ccncc3)CC2)nc2c(Cl)cc(Cl)cn12. The zero-order chi connectivity index (χ0) is 17.4. The molecule has 3 aromatic rings. The van der Waals surface area contributed by atoms with E-state index in [-0.39, 0.29) is 0 Å². The standard InChI is InChI=1S/C16H16Cl2N6S/c17-12-9-14(18)15-20-24(16(25)23(15)10-12)11-21-5-7-22(8-6-21)13-1-3-19-4-2-13/h1-4,9-10H,5-8,11H2. The summed E-state index contributed by atoms with van der Waals surface area (Å²) in [6.45, 7) is 4.42. The number of hydrogen-bond donors (Lipinski definition) is 0. The Balaban J connectivity index is 1.49. The predicted molar refractivity (Wildman–Crippen MR) is 102 cm³/mol. The lowest BCUT2D eigenvalue weighted by atomic mass is 10.3. The van der Waals surface area contributed by atoms with Gasteiger partial charge in [-0.1, -0.05) is 23.2 Å². The number of anilines is 1. The fourth-order valence-corrected chi connectivity index (χ4v) is 3.78. The fraction of sp³-hybridized carbons (Fsp3) is 0.312. The number of pyridine rings is 2. The topological polar surface area (TPSA) is 41.6 Å². The van der Waals surface area contributed by atoms with Crippen molar-refractivity contribution in [2.45, 2.75) is 6.67 Å². The number of aromatic nitrogens is 4. The first-order valence-corrected chi connectivity index (χ1v) is 9.10. The van der Waals surface area contributed by atoms with E-state index in [4.69, 9.17) is 35.4 Å². The minimum atomic E-state index is 0.500. The Labute approximate surface area is 160 Å². The van der Waals surface area contributed by atoms with Crippen molar-refractivity contribution in [3.05, 3.63) is 51.6 Å². The van der Waals surface area contributed by atoms with E-state index in [2.05, 4.69) is 19.9 Å². The summed E-state index contributed by atoms with van der Waals surface area (Å²) in [6.07, 6.45) is 5.40. The average Bonchev–Trinajstić information content (AvgIpc) is 2.93. The number of fused-ring (bicyclic) bond motifs is 1. The van der Waals surface area contributed by atoms with E-state index in [1.165, 1.54) is 5.69 Å². The number of hydrogen-bond acceptors (Lipinski definition) is 5. The first-order chi connectivity index (χ1) is 12.1. The number of halogens is 2. The molecule has 0 spiro atoms. The third-order valence-electron chi connectivity index (χ3n) is 4.34. The molecule has 4 heterocycles. The number of piperazine rings is 1. The van der Waals surface area contributed by atoms with E-state index in [0.717, 1.165) is 26.2 Å². The van der Waals surface area contributed by atoms with Crippen LogP contribution in [0.1, 0.15) is 0 Å². The smallest absolute Gasteiger partial charge is 0.203 e. The maximum atomic E-state index is 6.22. The van der Waals surface area contributed by atoms with Gasteiger partial charge in [0.2, 0.25) is 4.77 Å². The minimum absolute atomic E-state index is 0.500. The van der Waals surface area contributed by atoms with Crippen molar-refractivity contribution in [3.8, 4) is 0 Å². The van der Waals surface area contributed by atoms with Crippen molar-refractivity contribution < 1.29 is 0 Å². The molecule has 0 saturated carbocycles. The number of rotatable bonds is 3. The quantitative estimate of drug-likeness (QED) is 0.637. The van der Waals surface area contributed by atoms with Gasteiger partial charge in [-0.15, -0.1) is 5.10 Å². The van der Waals surface area contributed by atoms with Crippen LogP contribution < -0.4 is 4.90 Å². The Morgan fingerprint density at radius 2 is 1.80 bits per heavy atom. The first kappa shape index (κ1) is 16.8. The third kappa shape index (κ3) is 3.37. The van der Waals surface area contributed by atoms with E-state index in [1.54, 1.807) is 21.3 Å². The van der Waals surface area contributed by atoms with Gasteiger partial charge in [0.05, 0.1) is 16.7 Å². The Bertz CT molecular complexity index is 946. The molecule has 1 fully saturated rings. The van der Waals surface area contributed by atoms with Gasteiger partial charge in [-0.3, -0.25) is 14.3 Å². The summed E-state index contributed by atoms with van der Waals surface area (Å²) < 4.78 is 4.15. The molecule has 0 atom stereocenters. The van der Waals surface area contributed by atoms with Gasteiger partial charge >= 0.3 is 0 Å². The van der Waals surface area contributed by atoms with Crippen molar-refractivity contribution in [2.75, 3.05) is 31.1 Å². The zero-order valence-corrected chi connectivity index (χ0v) is 15.7. The Morgan fingerprint density at radius 1 is 1.08 bits per heavy atom. The molecule has 1 saturated heterocycles. The molecule has 130 valence electrons. The van der Waals surface area contributed by atoms with Crippen LogP contribution in [-0.2, 0) is 6.67 Å². The predicted octanol–water partition coefficient (Wildman–Crippen LogP) is 3.35. The normalized spacial score (nSPS) is 15.8. The van der Waals surface area contributed by atoms with Crippen molar-refractivity contribution in [1.29, 1.82) is 0 Å². The summed E-state index contributed by atoms with van der Waals surface area (Å²) in [4.78, 5) is 8.76. The van der Waals surface area contributed by atoms with Crippen molar-refractivity contribution in [3.63, 3.8) is 0 Å². The molecule has 0 aromatic carbocycles. The summed E-state index contributed by atoms with van der Waals surface area (Å²) in [5.74, 6) is 0. The highest BCUT2D eigenvalue weighted by molar-refractivity contribution is 7.71. The summed E-state index contributed by atoms with van der Waals surface area (Å²) in [5, 5.41) is 5.59. The van der Waals surface area contributed by atoms with Crippen LogP contribution in [-0.4, -0.2) is 50.2 Å². The van der Waals surface area contributed by atoms with Crippen LogP contribution >= 0.6 is 35.4 Å². The van der Waals surface area contributed by atoms with Crippen molar-refractivity contribution >= 4 is 46.8 Å². The monoisotopic (exact) mass is 394 g/mol. The molecule has 0 unspecified atom stereocenters. The maximum Gasteiger partial charge on any atom is 0.203 e. The lowest BCUT2D eigenvalue weighted by Gasteiger charge is -2.35. The zero-order valence-electron chi connectivity index (χ0n) is 13.3. The van der Waals surface area contributed by atoms with Gasteiger partial charge in [0.25, 0.3) is 0 Å². The second kappa shape index (κ2) is 6.92. The van der Waals surface area contributed by atoms with Crippen LogP contribution in [0.15, 0.2) is 36.8 Å². The van der Waals surface area contributed by atoms with E-state index >= 15 is 0 Å². The molecule has 0 amide bonds. The molecule has 0 N–H and O–H groups in total. The van der Waals surface area contributed by atoms with Crippen LogP contribution in [0.25, 0.3) is 5.65 Å². The van der Waals surface area contributed by atoms with Crippen LogP contribution in [0.2, 0.25) is 10.0 Å². The summed E-state index contributed by atoms with van der Waals surface area (Å²) in [5.41, 5.74) is 1.84. The van der Waals surface area contributed by atoms with Crippen LogP contribution in [0.5, 0.6) is 0 Å². The molecule has 0 bridgehead atoms. The van der Waals surface area contributed by atoms with E-state index in [9.17, 15) is 0 Å². The van der Waals surface area contributed by atoms with Gasteiger partial charge in [0.15, 0.2) is 5.65 Å². The summed E-state index contributed by atoms with van der Waals surface area (Å²) >= 11 is 17.8. The molecular weight excluding hydrogens is 379 g/mol. The lowest BCUT2D eigenvalue weighted by molar-refractivity contribution is 0.195. The summed E-state index contributed by atoms with van der Waals surface area (Å²) in [7, 11) is 0. The van der Waals surface area contributed by atoms with E-state index in [0.29, 0.717) is 27.1 Å². The molecule has 9 heteroatoms. The molecule has 1 aliphatic rings. The number of nitrogens with zero attached hydrogens (tertiary/aromatic N) is 6. The first-order valence-electron chi connectivity index (χ1n) is 7.93. The highest BCUT2D eigenvalue weighted by Gasteiger charge is 2.18. The minimum Gasteiger partial charge on any atom is -0.369 e. The van der Waals surface area contributed by atoms with Gasteiger partial charge < -0.3 is 4.90 Å². The van der Waals surface area contributed by atoms with Gasteiger partial charge in [0.1, 0.15) is 0 Å². The molecular formula is C16H16Cl2N6S. The molecule has 1 aliphatic heterocycles. The highest BCUT2D eigenvalue weighted by atomic mass is 35.5. The van der Waals surface area contributed by atoms with Gasteiger partial charge in [-0.2, -0.15) is 0 Å².